The van der Waals surface area contributed by atoms with Gasteiger partial charge in [0.2, 0.25) is 0 Å². The molecule has 0 saturated carbocycles. The van der Waals surface area contributed by atoms with E-state index in [0.29, 0.717) is 12.1 Å². The Morgan fingerprint density at radius 3 is 2.57 bits per heavy atom. The summed E-state index contributed by atoms with van der Waals surface area (Å²) in [6.07, 6.45) is 4.34. The second-order valence-corrected chi connectivity index (χ2v) is 3.81. The Kier molecular flexibility index (Phi) is 2.55. The van der Waals surface area contributed by atoms with Crippen molar-refractivity contribution < 1.29 is 0 Å². The van der Waals surface area contributed by atoms with Crippen molar-refractivity contribution >= 4 is 5.69 Å². The molecular weight excluding hydrogens is 172 g/mol. The van der Waals surface area contributed by atoms with E-state index >= 15 is 0 Å². The minimum absolute atomic E-state index is 0.470. The van der Waals surface area contributed by atoms with Crippen molar-refractivity contribution in [3.05, 3.63) is 42.5 Å². The van der Waals surface area contributed by atoms with Gasteiger partial charge in [-0.2, -0.15) is 0 Å². The molecule has 14 heavy (non-hydrogen) atoms. The molecule has 1 saturated heterocycles. The van der Waals surface area contributed by atoms with Gasteiger partial charge < -0.3 is 11.1 Å². The second kappa shape index (κ2) is 3.84. The molecule has 0 bridgehead atoms. The SMILES string of the molecule is C=CC1CCC(c2ccc(N)cc2)N1. The maximum absolute atomic E-state index is 5.64. The second-order valence-electron chi connectivity index (χ2n) is 3.81. The zero-order valence-electron chi connectivity index (χ0n) is 8.24. The van der Waals surface area contributed by atoms with Crippen LogP contribution in [-0.4, -0.2) is 6.04 Å². The van der Waals surface area contributed by atoms with Crippen LogP contribution in [0.15, 0.2) is 36.9 Å². The first-order valence-electron chi connectivity index (χ1n) is 5.03. The van der Waals surface area contributed by atoms with E-state index in [-0.39, 0.29) is 0 Å². The third-order valence-corrected chi connectivity index (χ3v) is 2.80. The Morgan fingerprint density at radius 2 is 2.00 bits per heavy atom. The van der Waals surface area contributed by atoms with Crippen molar-refractivity contribution in [2.45, 2.75) is 24.9 Å². The molecule has 1 aromatic rings. The molecule has 1 aromatic carbocycles. The maximum atomic E-state index is 5.64. The summed E-state index contributed by atoms with van der Waals surface area (Å²) in [6, 6.07) is 9.05. The lowest BCUT2D eigenvalue weighted by Crippen LogP contribution is -2.21. The van der Waals surface area contributed by atoms with Crippen molar-refractivity contribution in [2.24, 2.45) is 0 Å². The lowest BCUT2D eigenvalue weighted by atomic mass is 10.1. The fourth-order valence-corrected chi connectivity index (χ4v) is 1.95. The van der Waals surface area contributed by atoms with Gasteiger partial charge in [0.1, 0.15) is 0 Å². The van der Waals surface area contributed by atoms with E-state index in [4.69, 9.17) is 5.73 Å². The Hall–Kier alpha value is -1.28. The summed E-state index contributed by atoms with van der Waals surface area (Å²) in [7, 11) is 0. The quantitative estimate of drug-likeness (QED) is 0.552. The van der Waals surface area contributed by atoms with Crippen LogP contribution in [-0.2, 0) is 0 Å². The lowest BCUT2D eigenvalue weighted by Gasteiger charge is -2.12. The smallest absolute Gasteiger partial charge is 0.0326 e. The predicted molar refractivity (Wildman–Crippen MR) is 60.0 cm³/mol. The average molecular weight is 188 g/mol. The highest BCUT2D eigenvalue weighted by atomic mass is 15.0. The van der Waals surface area contributed by atoms with Gasteiger partial charge in [-0.3, -0.25) is 0 Å². The molecule has 0 spiro atoms. The summed E-state index contributed by atoms with van der Waals surface area (Å²) >= 11 is 0. The number of benzene rings is 1. The molecule has 1 aliphatic rings. The minimum atomic E-state index is 0.470. The molecule has 2 nitrogen and oxygen atoms in total. The Balaban J connectivity index is 2.09. The molecule has 1 aliphatic heterocycles. The van der Waals surface area contributed by atoms with Gasteiger partial charge in [-0.25, -0.2) is 0 Å². The van der Waals surface area contributed by atoms with Crippen molar-refractivity contribution in [3.63, 3.8) is 0 Å². The minimum Gasteiger partial charge on any atom is -0.399 e. The normalized spacial score (nSPS) is 26.3. The van der Waals surface area contributed by atoms with Crippen LogP contribution in [0.5, 0.6) is 0 Å². The maximum Gasteiger partial charge on any atom is 0.0326 e. The van der Waals surface area contributed by atoms with E-state index in [1.165, 1.54) is 18.4 Å². The first kappa shape index (κ1) is 9.28. The number of nitrogens with two attached hydrogens (primary N) is 1. The average Bonchev–Trinajstić information content (AvgIpc) is 2.67. The number of nitrogen functional groups attached to an aromatic ring is 1. The third kappa shape index (κ3) is 1.80. The number of hydrogen-bond donors (Lipinski definition) is 2. The largest absolute Gasteiger partial charge is 0.399 e. The van der Waals surface area contributed by atoms with Crippen LogP contribution in [0.2, 0.25) is 0 Å². The van der Waals surface area contributed by atoms with Crippen molar-refractivity contribution in [1.29, 1.82) is 0 Å². The van der Waals surface area contributed by atoms with Crippen LogP contribution in [0.1, 0.15) is 24.4 Å². The van der Waals surface area contributed by atoms with E-state index in [9.17, 15) is 0 Å². The van der Waals surface area contributed by atoms with Crippen LogP contribution in [0.3, 0.4) is 0 Å². The van der Waals surface area contributed by atoms with Crippen LogP contribution >= 0.6 is 0 Å². The molecule has 2 rings (SSSR count). The zero-order valence-corrected chi connectivity index (χ0v) is 8.24. The highest BCUT2D eigenvalue weighted by Crippen LogP contribution is 2.27. The molecule has 2 atom stereocenters. The number of anilines is 1. The highest BCUT2D eigenvalue weighted by Gasteiger charge is 2.22. The Bertz CT molecular complexity index is 316. The van der Waals surface area contributed by atoms with E-state index < -0.39 is 0 Å². The third-order valence-electron chi connectivity index (χ3n) is 2.80. The fraction of sp³-hybridized carbons (Fsp3) is 0.333. The fourth-order valence-electron chi connectivity index (χ4n) is 1.95. The van der Waals surface area contributed by atoms with Crippen molar-refractivity contribution in [3.8, 4) is 0 Å². The summed E-state index contributed by atoms with van der Waals surface area (Å²) < 4.78 is 0. The molecule has 2 heteroatoms. The van der Waals surface area contributed by atoms with E-state index in [0.717, 1.165) is 5.69 Å². The summed E-state index contributed by atoms with van der Waals surface area (Å²) in [6.45, 7) is 3.80. The van der Waals surface area contributed by atoms with Gasteiger partial charge in [0.05, 0.1) is 0 Å². The van der Waals surface area contributed by atoms with E-state index in [1.807, 2.05) is 18.2 Å². The molecule has 0 amide bonds. The van der Waals surface area contributed by atoms with Crippen LogP contribution < -0.4 is 11.1 Å². The van der Waals surface area contributed by atoms with E-state index in [2.05, 4.69) is 24.0 Å². The number of hydrogen-bond acceptors (Lipinski definition) is 2. The summed E-state index contributed by atoms with van der Waals surface area (Å²) in [5.74, 6) is 0. The van der Waals surface area contributed by atoms with Crippen LogP contribution in [0.25, 0.3) is 0 Å². The first-order valence-corrected chi connectivity index (χ1v) is 5.03. The Morgan fingerprint density at radius 1 is 1.29 bits per heavy atom. The van der Waals surface area contributed by atoms with Gasteiger partial charge >= 0.3 is 0 Å². The lowest BCUT2D eigenvalue weighted by molar-refractivity contribution is 0.613. The number of rotatable bonds is 2. The molecule has 1 fully saturated rings. The Labute approximate surface area is 84.8 Å². The molecule has 3 N–H and O–H groups in total. The van der Waals surface area contributed by atoms with E-state index in [1.54, 1.807) is 0 Å². The van der Waals surface area contributed by atoms with Crippen LogP contribution in [0, 0.1) is 0 Å². The summed E-state index contributed by atoms with van der Waals surface area (Å²) in [5.41, 5.74) is 7.79. The molecular formula is C12H16N2. The van der Waals surface area contributed by atoms with Gasteiger partial charge in [0, 0.05) is 17.8 Å². The molecule has 74 valence electrons. The van der Waals surface area contributed by atoms with Gasteiger partial charge in [-0.05, 0) is 30.5 Å². The van der Waals surface area contributed by atoms with Crippen molar-refractivity contribution in [2.75, 3.05) is 5.73 Å². The van der Waals surface area contributed by atoms with Crippen molar-refractivity contribution in [1.82, 2.24) is 5.32 Å². The summed E-state index contributed by atoms with van der Waals surface area (Å²) in [4.78, 5) is 0. The molecule has 0 aromatic heterocycles. The van der Waals surface area contributed by atoms with Gasteiger partial charge in [0.15, 0.2) is 0 Å². The zero-order chi connectivity index (χ0) is 9.97. The molecule has 0 aliphatic carbocycles. The summed E-state index contributed by atoms with van der Waals surface area (Å²) in [5, 5.41) is 3.52. The highest BCUT2D eigenvalue weighted by molar-refractivity contribution is 5.40. The van der Waals surface area contributed by atoms with Gasteiger partial charge in [-0.1, -0.05) is 18.2 Å². The van der Waals surface area contributed by atoms with Crippen LogP contribution in [0.4, 0.5) is 5.69 Å². The first-order chi connectivity index (χ1) is 6.79. The van der Waals surface area contributed by atoms with Gasteiger partial charge in [0.25, 0.3) is 0 Å². The molecule has 2 unspecified atom stereocenters. The predicted octanol–water partition coefficient (Wildman–Crippen LogP) is 2.25. The number of nitrogens with one attached hydrogen (secondary N) is 1. The topological polar surface area (TPSA) is 38.0 Å². The van der Waals surface area contributed by atoms with Gasteiger partial charge in [-0.15, -0.1) is 6.58 Å². The monoisotopic (exact) mass is 188 g/mol. The molecule has 0 radical (unpaired) electrons. The standard InChI is InChI=1S/C12H16N2/c1-2-11-7-8-12(14-11)9-3-5-10(13)6-4-9/h2-6,11-12,14H,1,7-8,13H2. The molecule has 1 heterocycles.